The Balaban J connectivity index is 1.86. The molecule has 19 heavy (non-hydrogen) atoms. The Morgan fingerprint density at radius 2 is 1.84 bits per heavy atom. The molecule has 0 unspecified atom stereocenters. The first-order chi connectivity index (χ1) is 8.67. The average molecular weight is 269 g/mol. The van der Waals surface area contributed by atoms with Crippen LogP contribution < -0.4 is 5.32 Å². The summed E-state index contributed by atoms with van der Waals surface area (Å²) in [6, 6.07) is 0. The predicted octanol–water partition coefficient (Wildman–Crippen LogP) is 2.55. The van der Waals surface area contributed by atoms with Gasteiger partial charge in [-0.1, -0.05) is 6.42 Å². The van der Waals surface area contributed by atoms with Crippen molar-refractivity contribution in [2.45, 2.75) is 58.5 Å². The van der Waals surface area contributed by atoms with Gasteiger partial charge in [0.15, 0.2) is 0 Å². The summed E-state index contributed by atoms with van der Waals surface area (Å²) in [5.74, 6) is -0.805. The minimum Gasteiger partial charge on any atom is -0.481 e. The van der Waals surface area contributed by atoms with Crippen LogP contribution in [-0.4, -0.2) is 29.3 Å². The Morgan fingerprint density at radius 1 is 1.26 bits per heavy atom. The van der Waals surface area contributed by atoms with Crippen molar-refractivity contribution >= 4 is 12.1 Å². The summed E-state index contributed by atoms with van der Waals surface area (Å²) in [6.07, 6.45) is 4.30. The van der Waals surface area contributed by atoms with Crippen LogP contribution in [0.1, 0.15) is 52.9 Å². The van der Waals surface area contributed by atoms with Crippen molar-refractivity contribution in [3.63, 3.8) is 0 Å². The maximum absolute atomic E-state index is 11.6. The number of carbonyl (C=O) groups is 2. The van der Waals surface area contributed by atoms with E-state index in [-0.39, 0.29) is 12.0 Å². The van der Waals surface area contributed by atoms with Crippen LogP contribution in [-0.2, 0) is 9.53 Å². The third kappa shape index (κ3) is 2.85. The molecule has 0 aliphatic heterocycles. The highest BCUT2D eigenvalue weighted by atomic mass is 16.6. The van der Waals surface area contributed by atoms with Crippen LogP contribution in [0.2, 0.25) is 0 Å². The van der Waals surface area contributed by atoms with E-state index < -0.39 is 23.1 Å². The maximum Gasteiger partial charge on any atom is 0.407 e. The van der Waals surface area contributed by atoms with Gasteiger partial charge >= 0.3 is 12.1 Å². The Kier molecular flexibility index (Phi) is 3.27. The molecule has 2 aliphatic carbocycles. The van der Waals surface area contributed by atoms with Gasteiger partial charge in [0.25, 0.3) is 0 Å². The molecule has 0 heterocycles. The second-order valence-corrected chi connectivity index (χ2v) is 7.15. The van der Waals surface area contributed by atoms with Gasteiger partial charge in [0, 0.05) is 6.54 Å². The number of carboxylic acids is 1. The largest absolute Gasteiger partial charge is 0.481 e. The highest BCUT2D eigenvalue weighted by molar-refractivity contribution is 5.78. The number of amides is 1. The van der Waals surface area contributed by atoms with Crippen molar-refractivity contribution in [3.05, 3.63) is 0 Å². The summed E-state index contributed by atoms with van der Waals surface area (Å²) >= 11 is 0. The monoisotopic (exact) mass is 269 g/mol. The third-order valence-corrected chi connectivity index (χ3v) is 4.26. The van der Waals surface area contributed by atoms with E-state index in [9.17, 15) is 14.7 Å². The molecule has 2 aliphatic rings. The Labute approximate surface area is 113 Å². The normalized spacial score (nSPS) is 23.1. The first kappa shape index (κ1) is 14.2. The number of alkyl carbamates (subject to hydrolysis) is 1. The topological polar surface area (TPSA) is 75.6 Å². The first-order valence-electron chi connectivity index (χ1n) is 6.87. The minimum absolute atomic E-state index is 0.166. The summed E-state index contributed by atoms with van der Waals surface area (Å²) in [6.45, 7) is 5.52. The molecule has 0 atom stereocenters. The van der Waals surface area contributed by atoms with Crippen LogP contribution >= 0.6 is 0 Å². The van der Waals surface area contributed by atoms with E-state index in [0.717, 1.165) is 12.8 Å². The Morgan fingerprint density at radius 3 is 2.21 bits per heavy atom. The molecule has 2 N–H and O–H groups in total. The number of carboxylic acid groups (broad SMARTS) is 1. The molecule has 0 aromatic rings. The van der Waals surface area contributed by atoms with Gasteiger partial charge in [0.05, 0.1) is 5.41 Å². The van der Waals surface area contributed by atoms with E-state index in [2.05, 4.69) is 5.32 Å². The fraction of sp³-hybridized carbons (Fsp3) is 0.857. The second-order valence-electron chi connectivity index (χ2n) is 7.15. The van der Waals surface area contributed by atoms with Gasteiger partial charge in [0.1, 0.15) is 5.60 Å². The van der Waals surface area contributed by atoms with Gasteiger partial charge in [-0.05, 0) is 51.9 Å². The summed E-state index contributed by atoms with van der Waals surface area (Å²) in [4.78, 5) is 23.0. The van der Waals surface area contributed by atoms with Gasteiger partial charge in [-0.15, -0.1) is 0 Å². The molecule has 0 bridgehead atoms. The summed E-state index contributed by atoms with van der Waals surface area (Å²) in [7, 11) is 0. The molecule has 1 amide bonds. The zero-order chi connectivity index (χ0) is 14.3. The number of carbonyl (C=O) groups excluding carboxylic acids is 1. The lowest BCUT2D eigenvalue weighted by Gasteiger charge is -2.59. The van der Waals surface area contributed by atoms with Crippen molar-refractivity contribution in [1.82, 2.24) is 5.32 Å². The lowest BCUT2D eigenvalue weighted by Crippen LogP contribution is -2.59. The summed E-state index contributed by atoms with van der Waals surface area (Å²) in [5, 5.41) is 12.0. The quantitative estimate of drug-likeness (QED) is 0.825. The fourth-order valence-electron chi connectivity index (χ4n) is 3.32. The number of hydrogen-bond donors (Lipinski definition) is 2. The molecule has 0 aromatic heterocycles. The lowest BCUT2D eigenvalue weighted by molar-refractivity contribution is -0.173. The van der Waals surface area contributed by atoms with Gasteiger partial charge in [-0.3, -0.25) is 4.79 Å². The zero-order valence-electron chi connectivity index (χ0n) is 11.9. The van der Waals surface area contributed by atoms with Gasteiger partial charge in [0.2, 0.25) is 0 Å². The van der Waals surface area contributed by atoms with E-state index >= 15 is 0 Å². The Hall–Kier alpha value is -1.26. The SMILES string of the molecule is CC(C)(C)OC(=O)NCC1(C(=O)O)CC2(CCC2)C1. The van der Waals surface area contributed by atoms with Gasteiger partial charge in [-0.2, -0.15) is 0 Å². The summed E-state index contributed by atoms with van der Waals surface area (Å²) < 4.78 is 5.13. The molecule has 0 saturated heterocycles. The van der Waals surface area contributed by atoms with Crippen LogP contribution in [0.4, 0.5) is 4.79 Å². The van der Waals surface area contributed by atoms with Crippen molar-refractivity contribution in [2.75, 3.05) is 6.54 Å². The number of aliphatic carboxylic acids is 1. The molecule has 0 aromatic carbocycles. The minimum atomic E-state index is -0.805. The van der Waals surface area contributed by atoms with Gasteiger partial charge < -0.3 is 15.2 Å². The van der Waals surface area contributed by atoms with Crippen molar-refractivity contribution in [3.8, 4) is 0 Å². The van der Waals surface area contributed by atoms with Crippen LogP contribution in [0.25, 0.3) is 0 Å². The van der Waals surface area contributed by atoms with Crippen LogP contribution in [0.5, 0.6) is 0 Å². The molecule has 2 fully saturated rings. The molecular formula is C14H23NO4. The maximum atomic E-state index is 11.6. The molecule has 5 heteroatoms. The Bertz CT molecular complexity index is 385. The molecule has 2 rings (SSSR count). The second kappa shape index (κ2) is 4.39. The highest BCUT2D eigenvalue weighted by Crippen LogP contribution is 2.64. The first-order valence-corrected chi connectivity index (χ1v) is 6.87. The predicted molar refractivity (Wildman–Crippen MR) is 69.8 cm³/mol. The highest BCUT2D eigenvalue weighted by Gasteiger charge is 2.60. The molecule has 1 spiro atoms. The summed E-state index contributed by atoms with van der Waals surface area (Å²) in [5.41, 5.74) is -1.08. The van der Waals surface area contributed by atoms with Crippen LogP contribution in [0.3, 0.4) is 0 Å². The molecular weight excluding hydrogens is 246 g/mol. The fourth-order valence-corrected chi connectivity index (χ4v) is 3.32. The van der Waals surface area contributed by atoms with E-state index in [4.69, 9.17) is 4.74 Å². The van der Waals surface area contributed by atoms with Crippen molar-refractivity contribution < 1.29 is 19.4 Å². The number of hydrogen-bond acceptors (Lipinski definition) is 3. The third-order valence-electron chi connectivity index (χ3n) is 4.26. The molecule has 2 saturated carbocycles. The van der Waals surface area contributed by atoms with E-state index in [1.807, 2.05) is 0 Å². The molecule has 5 nitrogen and oxygen atoms in total. The lowest BCUT2D eigenvalue weighted by atomic mass is 9.45. The van der Waals surface area contributed by atoms with E-state index in [1.165, 1.54) is 6.42 Å². The van der Waals surface area contributed by atoms with Crippen LogP contribution in [0.15, 0.2) is 0 Å². The number of ether oxygens (including phenoxy) is 1. The van der Waals surface area contributed by atoms with E-state index in [1.54, 1.807) is 20.8 Å². The van der Waals surface area contributed by atoms with E-state index in [0.29, 0.717) is 12.8 Å². The standard InChI is InChI=1S/C14H23NO4/c1-12(2,3)19-11(18)15-9-14(10(16)17)7-13(8-14)5-4-6-13/h4-9H2,1-3H3,(H,15,18)(H,16,17). The zero-order valence-corrected chi connectivity index (χ0v) is 11.9. The number of rotatable bonds is 3. The van der Waals surface area contributed by atoms with Crippen molar-refractivity contribution in [1.29, 1.82) is 0 Å². The average Bonchev–Trinajstić information content (AvgIpc) is 2.09. The number of nitrogens with one attached hydrogen (secondary N) is 1. The smallest absolute Gasteiger partial charge is 0.407 e. The molecule has 108 valence electrons. The van der Waals surface area contributed by atoms with Crippen LogP contribution in [0, 0.1) is 10.8 Å². The van der Waals surface area contributed by atoms with Crippen molar-refractivity contribution in [2.24, 2.45) is 10.8 Å². The van der Waals surface area contributed by atoms with Gasteiger partial charge in [-0.25, -0.2) is 4.79 Å². The molecule has 0 radical (unpaired) electrons.